The summed E-state index contributed by atoms with van der Waals surface area (Å²) in [5.41, 5.74) is 0.953. The Balaban J connectivity index is 1.50. The fraction of sp³-hybridized carbons (Fsp3) is 0.231. The third-order valence-corrected chi connectivity index (χ3v) is 7.87. The molecule has 0 bridgehead atoms. The van der Waals surface area contributed by atoms with Gasteiger partial charge < -0.3 is 14.2 Å². The lowest BCUT2D eigenvalue weighted by Gasteiger charge is -2.27. The van der Waals surface area contributed by atoms with Crippen molar-refractivity contribution >= 4 is 27.5 Å². The number of anilines is 1. The minimum Gasteiger partial charge on any atom is -0.494 e. The molecule has 0 aromatic heterocycles. The predicted octanol–water partition coefficient (Wildman–Crippen LogP) is 3.34. The lowest BCUT2D eigenvalue weighted by Crippen LogP contribution is -2.45. The largest absolute Gasteiger partial charge is 0.494 e. The maximum Gasteiger partial charge on any atom is 0.252 e. The number of ether oxygens (including phenoxy) is 3. The highest BCUT2D eigenvalue weighted by atomic mass is 32.2. The van der Waals surface area contributed by atoms with Gasteiger partial charge in [-0.3, -0.25) is 9.59 Å². The van der Waals surface area contributed by atoms with Crippen molar-refractivity contribution in [3.63, 3.8) is 0 Å². The van der Waals surface area contributed by atoms with Gasteiger partial charge in [0, 0.05) is 6.54 Å². The van der Waals surface area contributed by atoms with Gasteiger partial charge >= 0.3 is 0 Å². The summed E-state index contributed by atoms with van der Waals surface area (Å²) in [4.78, 5) is 27.6. The second kappa shape index (κ2) is 9.63. The van der Waals surface area contributed by atoms with E-state index < -0.39 is 27.9 Å². The number of fused-ring (bicyclic) bond motifs is 1. The molecular formula is C26H24N2O7S. The Morgan fingerprint density at radius 3 is 2.42 bits per heavy atom. The summed E-state index contributed by atoms with van der Waals surface area (Å²) in [5, 5.41) is 0. The van der Waals surface area contributed by atoms with Crippen molar-refractivity contribution in [3.8, 4) is 17.2 Å². The van der Waals surface area contributed by atoms with Crippen LogP contribution in [0.4, 0.5) is 5.69 Å². The van der Waals surface area contributed by atoms with E-state index in [1.807, 2.05) is 6.92 Å². The third kappa shape index (κ3) is 4.40. The van der Waals surface area contributed by atoms with E-state index in [4.69, 9.17) is 14.2 Å². The second-order valence-electron chi connectivity index (χ2n) is 8.27. The minimum atomic E-state index is -4.13. The number of imide groups is 1. The van der Waals surface area contributed by atoms with Gasteiger partial charge in [-0.1, -0.05) is 24.3 Å². The lowest BCUT2D eigenvalue weighted by atomic mass is 10.1. The molecule has 0 saturated carbocycles. The fourth-order valence-electron chi connectivity index (χ4n) is 4.28. The Morgan fingerprint density at radius 2 is 1.69 bits per heavy atom. The van der Waals surface area contributed by atoms with Gasteiger partial charge in [-0.25, -0.2) is 13.3 Å². The van der Waals surface area contributed by atoms with Gasteiger partial charge in [-0.15, -0.1) is 0 Å². The molecule has 2 aliphatic rings. The number of rotatable bonds is 8. The van der Waals surface area contributed by atoms with Crippen molar-refractivity contribution in [1.29, 1.82) is 0 Å². The molecule has 1 saturated heterocycles. The topological polar surface area (TPSA) is 102 Å². The van der Waals surface area contributed by atoms with E-state index in [1.165, 1.54) is 12.1 Å². The Hall–Kier alpha value is -3.89. The third-order valence-electron chi connectivity index (χ3n) is 6.00. The summed E-state index contributed by atoms with van der Waals surface area (Å²) in [6, 6.07) is 18.3. The standard InChI is InChI=1S/C26H24N2O7S/c1-2-33-20-11-9-19(10-12-20)28-25(29)15-22(26(28)30)27(36(31,32)21-6-4-3-5-7-21)16-18-8-13-23-24(14-18)35-17-34-23/h3-14,22H,2,15-17H2,1H3. The Morgan fingerprint density at radius 1 is 0.972 bits per heavy atom. The normalized spacial score (nSPS) is 17.2. The molecule has 0 radical (unpaired) electrons. The van der Waals surface area contributed by atoms with Gasteiger partial charge in [0.05, 0.1) is 23.6 Å². The van der Waals surface area contributed by atoms with Crippen LogP contribution in [0.1, 0.15) is 18.9 Å². The zero-order valence-electron chi connectivity index (χ0n) is 19.5. The molecule has 3 aromatic carbocycles. The number of carbonyl (C=O) groups is 2. The molecule has 1 unspecified atom stereocenters. The average Bonchev–Trinajstić information content (AvgIpc) is 3.47. The van der Waals surface area contributed by atoms with Gasteiger partial charge in [-0.2, -0.15) is 4.31 Å². The van der Waals surface area contributed by atoms with E-state index >= 15 is 0 Å². The van der Waals surface area contributed by atoms with E-state index in [-0.39, 0.29) is 24.7 Å². The van der Waals surface area contributed by atoms with Gasteiger partial charge in [0.1, 0.15) is 11.8 Å². The van der Waals surface area contributed by atoms with Crippen LogP contribution >= 0.6 is 0 Å². The molecule has 2 heterocycles. The second-order valence-corrected chi connectivity index (χ2v) is 10.2. The van der Waals surface area contributed by atoms with Crippen molar-refractivity contribution < 1.29 is 32.2 Å². The van der Waals surface area contributed by atoms with Crippen molar-refractivity contribution in [2.75, 3.05) is 18.3 Å². The quantitative estimate of drug-likeness (QED) is 0.430. The summed E-state index contributed by atoms with van der Waals surface area (Å²) in [5.74, 6) is 0.574. The molecule has 1 fully saturated rings. The first-order valence-corrected chi connectivity index (χ1v) is 12.9. The number of hydrogen-bond acceptors (Lipinski definition) is 7. The van der Waals surface area contributed by atoms with Crippen LogP contribution in [0.2, 0.25) is 0 Å². The van der Waals surface area contributed by atoms with Crippen molar-refractivity contribution in [2.24, 2.45) is 0 Å². The van der Waals surface area contributed by atoms with Gasteiger partial charge in [0.2, 0.25) is 22.7 Å². The van der Waals surface area contributed by atoms with E-state index in [0.717, 1.165) is 9.21 Å². The molecule has 2 aliphatic heterocycles. The monoisotopic (exact) mass is 508 g/mol. The molecular weight excluding hydrogens is 484 g/mol. The van der Waals surface area contributed by atoms with Crippen LogP contribution in [0.25, 0.3) is 0 Å². The fourth-order valence-corrected chi connectivity index (χ4v) is 5.87. The van der Waals surface area contributed by atoms with E-state index in [2.05, 4.69) is 0 Å². The average molecular weight is 509 g/mol. The summed E-state index contributed by atoms with van der Waals surface area (Å²) in [7, 11) is -4.13. The van der Waals surface area contributed by atoms with E-state index in [1.54, 1.807) is 60.7 Å². The van der Waals surface area contributed by atoms with Crippen LogP contribution < -0.4 is 19.1 Å². The zero-order chi connectivity index (χ0) is 25.3. The van der Waals surface area contributed by atoms with Crippen molar-refractivity contribution in [2.45, 2.75) is 30.8 Å². The smallest absolute Gasteiger partial charge is 0.252 e. The number of carbonyl (C=O) groups excluding carboxylic acids is 2. The van der Waals surface area contributed by atoms with Crippen LogP contribution in [0, 0.1) is 0 Å². The first-order chi connectivity index (χ1) is 17.4. The maximum absolute atomic E-state index is 13.7. The molecule has 36 heavy (non-hydrogen) atoms. The van der Waals surface area contributed by atoms with E-state index in [9.17, 15) is 18.0 Å². The Labute approximate surface area is 208 Å². The number of amides is 2. The SMILES string of the molecule is CCOc1ccc(N2C(=O)CC(N(Cc3ccc4c(c3)OCO4)S(=O)(=O)c3ccccc3)C2=O)cc1. The highest BCUT2D eigenvalue weighted by molar-refractivity contribution is 7.89. The molecule has 0 aliphatic carbocycles. The summed E-state index contributed by atoms with van der Waals surface area (Å²) in [6.45, 7) is 2.29. The van der Waals surface area contributed by atoms with Crippen LogP contribution in [0.5, 0.6) is 17.2 Å². The minimum absolute atomic E-state index is 0.0329. The van der Waals surface area contributed by atoms with Crippen molar-refractivity contribution in [1.82, 2.24) is 4.31 Å². The van der Waals surface area contributed by atoms with Crippen molar-refractivity contribution in [3.05, 3.63) is 78.4 Å². The number of benzene rings is 3. The van der Waals surface area contributed by atoms with E-state index in [0.29, 0.717) is 35.1 Å². The molecule has 5 rings (SSSR count). The summed E-state index contributed by atoms with van der Waals surface area (Å²) >= 11 is 0. The molecule has 0 N–H and O–H groups in total. The number of hydrogen-bond donors (Lipinski definition) is 0. The molecule has 2 amide bonds. The molecule has 3 aromatic rings. The maximum atomic E-state index is 13.7. The van der Waals surface area contributed by atoms with Gasteiger partial charge in [0.15, 0.2) is 11.5 Å². The van der Waals surface area contributed by atoms with Gasteiger partial charge in [0.25, 0.3) is 5.91 Å². The van der Waals surface area contributed by atoms with Crippen LogP contribution in [-0.2, 0) is 26.2 Å². The predicted molar refractivity (Wildman–Crippen MR) is 130 cm³/mol. The molecule has 1 atom stereocenters. The summed E-state index contributed by atoms with van der Waals surface area (Å²) < 4.78 is 44.8. The first-order valence-electron chi connectivity index (χ1n) is 11.4. The highest BCUT2D eigenvalue weighted by Crippen LogP contribution is 2.35. The Kier molecular flexibility index (Phi) is 6.38. The van der Waals surface area contributed by atoms with Crippen LogP contribution in [0.15, 0.2) is 77.7 Å². The Bertz CT molecular complexity index is 1390. The molecule has 10 heteroatoms. The molecule has 9 nitrogen and oxygen atoms in total. The first kappa shape index (κ1) is 23.8. The summed E-state index contributed by atoms with van der Waals surface area (Å²) in [6.07, 6.45) is -0.275. The molecule has 186 valence electrons. The zero-order valence-corrected chi connectivity index (χ0v) is 20.3. The lowest BCUT2D eigenvalue weighted by molar-refractivity contribution is -0.122. The number of nitrogens with zero attached hydrogens (tertiary/aromatic N) is 2. The highest BCUT2D eigenvalue weighted by Gasteiger charge is 2.47. The molecule has 0 spiro atoms. The number of sulfonamides is 1. The van der Waals surface area contributed by atoms with Crippen LogP contribution in [-0.4, -0.2) is 44.0 Å². The van der Waals surface area contributed by atoms with Crippen LogP contribution in [0.3, 0.4) is 0 Å². The van der Waals surface area contributed by atoms with Gasteiger partial charge in [-0.05, 0) is 61.0 Å².